The molecule has 0 aliphatic carbocycles. The van der Waals surface area contributed by atoms with Gasteiger partial charge in [-0.3, -0.25) is 4.79 Å². The van der Waals surface area contributed by atoms with Crippen LogP contribution >= 0.6 is 22.9 Å². The number of hydrogen-bond donors (Lipinski definition) is 2. The van der Waals surface area contributed by atoms with Crippen molar-refractivity contribution in [1.82, 2.24) is 20.5 Å². The van der Waals surface area contributed by atoms with Crippen LogP contribution in [-0.4, -0.2) is 40.8 Å². The van der Waals surface area contributed by atoms with E-state index in [0.717, 1.165) is 26.7 Å². The molecule has 2 N–H and O–H groups in total. The number of pyridine rings is 1. The summed E-state index contributed by atoms with van der Waals surface area (Å²) in [5.74, 6) is 0.317. The van der Waals surface area contributed by atoms with E-state index in [2.05, 4.69) is 20.8 Å². The molecule has 3 aromatic heterocycles. The quantitative estimate of drug-likeness (QED) is 0.502. The van der Waals surface area contributed by atoms with Crippen molar-refractivity contribution >= 4 is 55.5 Å². The molecule has 5 rings (SSSR count). The van der Waals surface area contributed by atoms with Crippen LogP contribution in [0.3, 0.4) is 0 Å². The summed E-state index contributed by atoms with van der Waals surface area (Å²) in [7, 11) is 1.53. The molecule has 0 spiro atoms. The number of hydrogen-bond acceptors (Lipinski definition) is 7. The third kappa shape index (κ3) is 2.95. The Kier molecular flexibility index (Phi) is 4.25. The zero-order chi connectivity index (χ0) is 20.1. The highest BCUT2D eigenvalue weighted by Gasteiger charge is 2.25. The van der Waals surface area contributed by atoms with Crippen molar-refractivity contribution in [2.45, 2.75) is 13.0 Å². The number of benzene rings is 1. The van der Waals surface area contributed by atoms with Crippen LogP contribution in [-0.2, 0) is 0 Å². The van der Waals surface area contributed by atoms with Crippen LogP contribution in [0.5, 0.6) is 5.88 Å². The van der Waals surface area contributed by atoms with E-state index in [1.807, 2.05) is 31.2 Å². The van der Waals surface area contributed by atoms with E-state index in [0.29, 0.717) is 28.6 Å². The molecule has 1 atom stereocenters. The summed E-state index contributed by atoms with van der Waals surface area (Å²) in [5.41, 5.74) is 3.04. The van der Waals surface area contributed by atoms with E-state index in [9.17, 15) is 4.79 Å². The lowest BCUT2D eigenvalue weighted by Gasteiger charge is -2.10. The maximum Gasteiger partial charge on any atom is 0.263 e. The van der Waals surface area contributed by atoms with Gasteiger partial charge in [0.05, 0.1) is 29.6 Å². The Labute approximate surface area is 175 Å². The lowest BCUT2D eigenvalue weighted by atomic mass is 10.1. The van der Waals surface area contributed by atoms with E-state index in [1.54, 1.807) is 6.07 Å². The number of carbonyl (C=O) groups excluding carboxylic acids is 1. The molecular formula is C20H16ClN5O2S. The maximum atomic E-state index is 12.6. The van der Waals surface area contributed by atoms with Crippen molar-refractivity contribution in [2.24, 2.45) is 0 Å². The van der Waals surface area contributed by atoms with Gasteiger partial charge in [-0.15, -0.1) is 21.5 Å². The lowest BCUT2D eigenvalue weighted by Crippen LogP contribution is -2.34. The topological polar surface area (TPSA) is 89.0 Å². The number of nitrogens with one attached hydrogen (secondary N) is 2. The van der Waals surface area contributed by atoms with Gasteiger partial charge in [-0.1, -0.05) is 11.6 Å². The minimum atomic E-state index is -0.0429. The summed E-state index contributed by atoms with van der Waals surface area (Å²) in [5, 5.41) is 16.5. The van der Waals surface area contributed by atoms with Gasteiger partial charge in [-0.05, 0) is 37.3 Å². The van der Waals surface area contributed by atoms with Gasteiger partial charge in [0.1, 0.15) is 4.88 Å². The van der Waals surface area contributed by atoms with Crippen molar-refractivity contribution in [3.05, 3.63) is 40.4 Å². The van der Waals surface area contributed by atoms with Gasteiger partial charge in [0.25, 0.3) is 5.91 Å². The predicted molar refractivity (Wildman–Crippen MR) is 115 cm³/mol. The molecule has 0 fully saturated rings. The van der Waals surface area contributed by atoms with Crippen molar-refractivity contribution in [3.8, 4) is 17.1 Å². The summed E-state index contributed by atoms with van der Waals surface area (Å²) < 4.78 is 6.35. The number of nitrogens with zero attached hydrogens (tertiary/aromatic N) is 3. The van der Waals surface area contributed by atoms with Gasteiger partial charge in [-0.25, -0.2) is 4.98 Å². The lowest BCUT2D eigenvalue weighted by molar-refractivity contribution is 0.0949. The third-order valence-electron chi connectivity index (χ3n) is 4.89. The summed E-state index contributed by atoms with van der Waals surface area (Å²) in [6, 6.07) is 9.62. The van der Waals surface area contributed by atoms with Crippen molar-refractivity contribution in [1.29, 1.82) is 0 Å². The first kappa shape index (κ1) is 18.1. The number of amides is 1. The highest BCUT2D eigenvalue weighted by Crippen LogP contribution is 2.41. The number of fused-ring (bicyclic) bond motifs is 5. The first-order valence-corrected chi connectivity index (χ1v) is 10.2. The zero-order valence-electron chi connectivity index (χ0n) is 15.6. The Hall–Kier alpha value is -2.97. The molecule has 1 aliphatic heterocycles. The molecule has 146 valence electrons. The van der Waals surface area contributed by atoms with Gasteiger partial charge in [0.15, 0.2) is 5.15 Å². The number of rotatable bonds is 2. The van der Waals surface area contributed by atoms with Crippen LogP contribution in [0.1, 0.15) is 16.6 Å². The van der Waals surface area contributed by atoms with Crippen LogP contribution in [0, 0.1) is 0 Å². The van der Waals surface area contributed by atoms with E-state index < -0.39 is 0 Å². The second kappa shape index (κ2) is 6.82. The van der Waals surface area contributed by atoms with Crippen LogP contribution in [0.15, 0.2) is 30.3 Å². The van der Waals surface area contributed by atoms with Crippen LogP contribution in [0.2, 0.25) is 5.15 Å². The Bertz CT molecular complexity index is 1290. The number of halogens is 1. The fourth-order valence-corrected chi connectivity index (χ4v) is 4.81. The summed E-state index contributed by atoms with van der Waals surface area (Å²) in [4.78, 5) is 18.1. The molecule has 9 heteroatoms. The minimum absolute atomic E-state index is 0.0429. The summed E-state index contributed by atoms with van der Waals surface area (Å²) in [6.07, 6.45) is 0. The molecule has 1 amide bonds. The molecular weight excluding hydrogens is 410 g/mol. The molecule has 0 unspecified atom stereocenters. The number of anilines is 1. The molecule has 0 radical (unpaired) electrons. The average Bonchev–Trinajstić information content (AvgIpc) is 3.04. The number of carbonyl (C=O) groups is 1. The molecule has 0 bridgehead atoms. The zero-order valence-corrected chi connectivity index (χ0v) is 17.2. The highest BCUT2D eigenvalue weighted by molar-refractivity contribution is 7.21. The predicted octanol–water partition coefficient (Wildman–Crippen LogP) is 4.11. The Balaban J connectivity index is 1.72. The molecule has 4 heterocycles. The van der Waals surface area contributed by atoms with E-state index >= 15 is 0 Å². The number of methoxy groups -OCH3 is 1. The number of aromatic nitrogens is 3. The first-order chi connectivity index (χ1) is 14.0. The fraction of sp³-hybridized carbons (Fsp3) is 0.200. The van der Waals surface area contributed by atoms with Crippen LogP contribution in [0.4, 0.5) is 5.69 Å². The SMILES string of the molecule is COc1nnc(Cl)cc1-c1ccc2c(ccc3sc4c(c32)NC[C@@H](C)NC4=O)n1. The monoisotopic (exact) mass is 425 g/mol. The van der Waals surface area contributed by atoms with Gasteiger partial charge in [-0.2, -0.15) is 0 Å². The minimum Gasteiger partial charge on any atom is -0.479 e. The van der Waals surface area contributed by atoms with Crippen molar-refractivity contribution < 1.29 is 9.53 Å². The second-order valence-corrected chi connectivity index (χ2v) is 8.29. The molecule has 0 saturated carbocycles. The smallest absolute Gasteiger partial charge is 0.263 e. The summed E-state index contributed by atoms with van der Waals surface area (Å²) in [6.45, 7) is 2.65. The summed E-state index contributed by atoms with van der Waals surface area (Å²) >= 11 is 7.51. The van der Waals surface area contributed by atoms with E-state index in [1.165, 1.54) is 18.4 Å². The molecule has 29 heavy (non-hydrogen) atoms. The van der Waals surface area contributed by atoms with Crippen molar-refractivity contribution in [2.75, 3.05) is 19.0 Å². The van der Waals surface area contributed by atoms with E-state index in [-0.39, 0.29) is 17.1 Å². The second-order valence-electron chi connectivity index (χ2n) is 6.85. The van der Waals surface area contributed by atoms with Gasteiger partial charge in [0.2, 0.25) is 5.88 Å². The highest BCUT2D eigenvalue weighted by atomic mass is 35.5. The Morgan fingerprint density at radius 2 is 2.10 bits per heavy atom. The Morgan fingerprint density at radius 3 is 2.93 bits per heavy atom. The third-order valence-corrected chi connectivity index (χ3v) is 6.23. The molecule has 1 aliphatic rings. The van der Waals surface area contributed by atoms with Gasteiger partial charge >= 0.3 is 0 Å². The molecule has 0 saturated heterocycles. The largest absolute Gasteiger partial charge is 0.479 e. The maximum absolute atomic E-state index is 12.6. The van der Waals surface area contributed by atoms with Gasteiger partial charge in [0, 0.05) is 28.1 Å². The molecule has 4 aromatic rings. The number of ether oxygens (including phenoxy) is 1. The van der Waals surface area contributed by atoms with E-state index in [4.69, 9.17) is 21.3 Å². The fourth-order valence-electron chi connectivity index (χ4n) is 3.57. The standard InChI is InChI=1S/C20H16ClN5O2S/c1-9-8-22-17-16-10-3-4-13(11-7-15(21)25-26-20(11)28-2)24-12(10)5-6-14(16)29-18(17)19(27)23-9/h3-7,9,22H,8H2,1-2H3,(H,23,27)/t9-/m1/s1. The van der Waals surface area contributed by atoms with Gasteiger partial charge < -0.3 is 15.4 Å². The van der Waals surface area contributed by atoms with Crippen LogP contribution < -0.4 is 15.4 Å². The molecule has 7 nitrogen and oxygen atoms in total. The van der Waals surface area contributed by atoms with Crippen molar-refractivity contribution in [3.63, 3.8) is 0 Å². The molecule has 1 aromatic carbocycles. The average molecular weight is 426 g/mol. The normalized spacial score (nSPS) is 16.2. The number of thiophene rings is 1. The first-order valence-electron chi connectivity index (χ1n) is 9.03. The Morgan fingerprint density at radius 1 is 1.24 bits per heavy atom. The van der Waals surface area contributed by atoms with Crippen LogP contribution in [0.25, 0.3) is 32.2 Å².